The van der Waals surface area contributed by atoms with Crippen molar-refractivity contribution in [1.29, 1.82) is 0 Å². The molecule has 3 rings (SSSR count). The summed E-state index contributed by atoms with van der Waals surface area (Å²) in [5.74, 6) is 0. The molecule has 0 atom stereocenters. The third-order valence-electron chi connectivity index (χ3n) is 8.11. The minimum atomic E-state index is -1.35. The molecule has 0 saturated carbocycles. The van der Waals surface area contributed by atoms with E-state index in [2.05, 4.69) is 74.0 Å². The van der Waals surface area contributed by atoms with Crippen LogP contribution in [-0.4, -0.2) is 56.0 Å². The maximum Gasteiger partial charge on any atom is 1.00 e. The predicted octanol–water partition coefficient (Wildman–Crippen LogP) is 9.29. The molecule has 2 aromatic rings. The maximum atomic E-state index is 9.07. The Morgan fingerprint density at radius 2 is 1.04 bits per heavy atom. The van der Waals surface area contributed by atoms with Gasteiger partial charge in [-0.1, -0.05) is 144 Å². The van der Waals surface area contributed by atoms with Crippen molar-refractivity contribution in [2.75, 3.05) is 13.2 Å². The number of rotatable bonds is 22. The number of halogens is 1. The molecule has 55 heavy (non-hydrogen) atoms. The van der Waals surface area contributed by atoms with Crippen LogP contribution in [-0.2, 0) is 31.5 Å². The zero-order chi connectivity index (χ0) is 40.8. The van der Waals surface area contributed by atoms with Crippen LogP contribution in [0.5, 0.6) is 0 Å². The van der Waals surface area contributed by atoms with Crippen LogP contribution in [0.1, 0.15) is 176 Å². The molecule has 1 fully saturated rings. The van der Waals surface area contributed by atoms with Crippen molar-refractivity contribution >= 4 is 35.8 Å². The number of hydrogen-bond donors (Lipinski definition) is 2. The van der Waals surface area contributed by atoms with E-state index in [0.717, 1.165) is 26.1 Å². The molecule has 0 unspecified atom stereocenters. The van der Waals surface area contributed by atoms with E-state index in [-0.39, 0.29) is 37.2 Å². The first-order valence-electron chi connectivity index (χ1n) is 21.4. The molecule has 2 N–H and O–H groups in total. The molecule has 0 bridgehead atoms. The molecule has 0 aromatic heterocycles. The predicted molar refractivity (Wildman–Crippen MR) is 239 cm³/mol. The molecule has 0 aliphatic carbocycles. The summed E-state index contributed by atoms with van der Waals surface area (Å²) in [5.41, 5.74) is 3.25. The topological polar surface area (TPSA) is 77.4 Å². The number of unbranched alkanes of at least 4 members (excludes halogenated alkanes) is 11. The van der Waals surface area contributed by atoms with Gasteiger partial charge in [-0.05, 0) is 109 Å². The summed E-state index contributed by atoms with van der Waals surface area (Å²) < 4.78 is 22.4. The van der Waals surface area contributed by atoms with Crippen LogP contribution >= 0.6 is 15.9 Å². The largest absolute Gasteiger partial charge is 1.00 e. The molecular formula is C45H82B2BrLiO6. The summed E-state index contributed by atoms with van der Waals surface area (Å²) in [6.07, 6.45) is 23.4. The maximum absolute atomic E-state index is 9.07. The molecule has 2 aromatic carbocycles. The average molecular weight is 828 g/mol. The summed E-state index contributed by atoms with van der Waals surface area (Å²) in [7, 11) is -1.89. The van der Waals surface area contributed by atoms with Gasteiger partial charge in [0.05, 0.1) is 0 Å². The van der Waals surface area contributed by atoms with Gasteiger partial charge in [0.25, 0.3) is 0 Å². The van der Waals surface area contributed by atoms with Crippen molar-refractivity contribution in [3.8, 4) is 0 Å². The number of hydrogen-bond acceptors (Lipinski definition) is 6. The van der Waals surface area contributed by atoms with E-state index in [1.165, 1.54) is 118 Å². The van der Waals surface area contributed by atoms with Gasteiger partial charge in [-0.25, -0.2) is 0 Å². The fourth-order valence-corrected chi connectivity index (χ4v) is 5.54. The molecule has 6 nitrogen and oxygen atoms in total. The molecule has 0 amide bonds. The molecule has 312 valence electrons. The monoisotopic (exact) mass is 827 g/mol. The molecule has 1 aliphatic rings. The summed E-state index contributed by atoms with van der Waals surface area (Å²) in [4.78, 5) is 0. The Bertz CT molecular complexity index is 1030. The van der Waals surface area contributed by atoms with Crippen molar-refractivity contribution in [1.82, 2.24) is 0 Å². The minimum Gasteiger partial charge on any atom is -0.423 e. The Kier molecular flexibility index (Phi) is 45.9. The summed E-state index contributed by atoms with van der Waals surface area (Å²) in [5, 5.41) is 18.1. The van der Waals surface area contributed by atoms with Crippen LogP contribution in [0, 0.1) is 6.92 Å². The van der Waals surface area contributed by atoms with Gasteiger partial charge in [-0.3, -0.25) is 0 Å². The number of ether oxygens (including phenoxy) is 1. The van der Waals surface area contributed by atoms with Crippen LogP contribution in [0.2, 0.25) is 0 Å². The van der Waals surface area contributed by atoms with Crippen molar-refractivity contribution in [2.45, 2.75) is 196 Å². The van der Waals surface area contributed by atoms with Crippen molar-refractivity contribution in [3.05, 3.63) is 71.1 Å². The molecule has 1 heterocycles. The summed E-state index contributed by atoms with van der Waals surface area (Å²) in [6.45, 7) is 24.0. The standard InChI is InChI=1S/C14H23BO2.C14H21Br.C9H21BO3.C4H8O.C4H9.Li/c1-2-3-4-5-6-7-9-13-10-8-11-14(12-13)15(16)17;1-2-3-4-5-6-7-9-13-10-8-11-14(15)12-13;1-7(2)11-10(12-8(3)4)13-9(5)6;1-2-4-5-3-1;1-3-4-2;/h8,10-12,16-17H,2-7,9H2,1H3;8,10-12H,2-7,9H2,1H3;7-9H,1-6H3;1-4H2;1,3-4H2,2H3;/q;;;;-1;+1. The van der Waals surface area contributed by atoms with Gasteiger partial charge in [-0.2, -0.15) is 6.42 Å². The van der Waals surface area contributed by atoms with E-state index in [1.54, 1.807) is 6.07 Å². The third-order valence-corrected chi connectivity index (χ3v) is 8.60. The Morgan fingerprint density at radius 3 is 1.38 bits per heavy atom. The molecule has 0 radical (unpaired) electrons. The van der Waals surface area contributed by atoms with Gasteiger partial charge in [0.15, 0.2) is 0 Å². The Morgan fingerprint density at radius 1 is 0.636 bits per heavy atom. The Hall–Kier alpha value is -0.593. The zero-order valence-electron chi connectivity index (χ0n) is 37.3. The first-order valence-corrected chi connectivity index (χ1v) is 22.2. The minimum absolute atomic E-state index is 0. The molecular weight excluding hydrogens is 745 g/mol. The zero-order valence-corrected chi connectivity index (χ0v) is 38.8. The molecule has 1 aliphatic heterocycles. The van der Waals surface area contributed by atoms with Crippen LogP contribution in [0.3, 0.4) is 0 Å². The van der Waals surface area contributed by atoms with Crippen LogP contribution < -0.4 is 24.3 Å². The second kappa shape index (κ2) is 43.0. The van der Waals surface area contributed by atoms with E-state index >= 15 is 0 Å². The fraction of sp³-hybridized carbons (Fsp3) is 0.711. The van der Waals surface area contributed by atoms with E-state index in [9.17, 15) is 0 Å². The summed E-state index contributed by atoms with van der Waals surface area (Å²) in [6, 6.07) is 16.2. The van der Waals surface area contributed by atoms with E-state index in [0.29, 0.717) is 5.46 Å². The van der Waals surface area contributed by atoms with E-state index in [1.807, 2.05) is 53.7 Å². The van der Waals surface area contributed by atoms with Gasteiger partial charge < -0.3 is 35.7 Å². The van der Waals surface area contributed by atoms with Crippen LogP contribution in [0.25, 0.3) is 0 Å². The van der Waals surface area contributed by atoms with E-state index in [4.69, 9.17) is 28.7 Å². The third kappa shape index (κ3) is 42.8. The summed E-state index contributed by atoms with van der Waals surface area (Å²) >= 11 is 3.51. The van der Waals surface area contributed by atoms with Gasteiger partial charge >= 0.3 is 33.3 Å². The van der Waals surface area contributed by atoms with E-state index < -0.39 is 14.4 Å². The van der Waals surface area contributed by atoms with Gasteiger partial charge in [0.2, 0.25) is 0 Å². The Labute approximate surface area is 362 Å². The molecule has 1 saturated heterocycles. The SMILES string of the molecule is C1CCOC1.CC(C)OB(OC(C)C)OC(C)C.CCCCCCCCc1cccc(B(O)O)c1.CCCCCCCCc1cccc(Br)c1.[CH2-]CCC.[Li+]. The van der Waals surface area contributed by atoms with Gasteiger partial charge in [0.1, 0.15) is 0 Å². The second-order valence-electron chi connectivity index (χ2n) is 14.8. The van der Waals surface area contributed by atoms with Crippen molar-refractivity contribution < 1.29 is 47.6 Å². The fourth-order valence-electron chi connectivity index (χ4n) is 5.09. The van der Waals surface area contributed by atoms with Crippen molar-refractivity contribution in [3.63, 3.8) is 0 Å². The average Bonchev–Trinajstić information content (AvgIpc) is 3.72. The molecule has 0 spiro atoms. The van der Waals surface area contributed by atoms with Crippen LogP contribution in [0.15, 0.2) is 53.0 Å². The van der Waals surface area contributed by atoms with Gasteiger partial charge in [-0.15, -0.1) is 0 Å². The molecule has 10 heteroatoms. The second-order valence-corrected chi connectivity index (χ2v) is 15.7. The Balaban J connectivity index is -0.000000659. The quantitative estimate of drug-likeness (QED) is 0.0701. The first-order chi connectivity index (χ1) is 25.9. The number of aryl methyl sites for hydroxylation is 2. The number of benzene rings is 2. The first kappa shape index (κ1) is 58.7. The smallest absolute Gasteiger partial charge is 0.423 e. The normalized spacial score (nSPS) is 11.6. The van der Waals surface area contributed by atoms with Crippen molar-refractivity contribution in [2.24, 2.45) is 0 Å². The van der Waals surface area contributed by atoms with Gasteiger partial charge in [0, 0.05) is 36.0 Å². The van der Waals surface area contributed by atoms with Crippen LogP contribution in [0.4, 0.5) is 0 Å².